The van der Waals surface area contributed by atoms with Gasteiger partial charge in [-0.3, -0.25) is 4.90 Å². The van der Waals surface area contributed by atoms with E-state index in [0.29, 0.717) is 23.2 Å². The van der Waals surface area contributed by atoms with Crippen molar-refractivity contribution in [3.63, 3.8) is 0 Å². The number of hydrogen-bond donors (Lipinski definition) is 0. The lowest BCUT2D eigenvalue weighted by Crippen LogP contribution is -2.23. The highest BCUT2D eigenvalue weighted by atomic mass is 35.7. The van der Waals surface area contributed by atoms with E-state index in [1.54, 1.807) is 16.8 Å². The molecule has 0 atom stereocenters. The molecule has 0 bridgehead atoms. The molecule has 0 radical (unpaired) electrons. The van der Waals surface area contributed by atoms with Crippen LogP contribution in [0.25, 0.3) is 0 Å². The van der Waals surface area contributed by atoms with Gasteiger partial charge < -0.3 is 4.90 Å². The molecule has 0 saturated heterocycles. The first kappa shape index (κ1) is 14.5. The van der Waals surface area contributed by atoms with Crippen LogP contribution in [0, 0.1) is 12.7 Å². The molecule has 0 aliphatic carbocycles. The first-order valence-corrected chi connectivity index (χ1v) is 8.97. The Morgan fingerprint density at radius 3 is 2.62 bits per heavy atom. The molecule has 112 valence electrons. The van der Waals surface area contributed by atoms with E-state index >= 15 is 0 Å². The Kier molecular flexibility index (Phi) is 3.30. The SMILES string of the molecule is Cc1nnc(N2CN(C)c3cc(F)c(S(=O)(=O)Cl)cc32)s1. The van der Waals surface area contributed by atoms with Gasteiger partial charge in [-0.25, -0.2) is 12.8 Å². The minimum atomic E-state index is -4.15. The second kappa shape index (κ2) is 4.79. The van der Waals surface area contributed by atoms with Gasteiger partial charge in [0.2, 0.25) is 5.13 Å². The maximum atomic E-state index is 13.9. The van der Waals surface area contributed by atoms with Crippen LogP contribution in [0.3, 0.4) is 0 Å². The molecule has 2 heterocycles. The van der Waals surface area contributed by atoms with Crippen LogP contribution in [-0.4, -0.2) is 32.3 Å². The fourth-order valence-corrected chi connectivity index (χ4v) is 3.76. The summed E-state index contributed by atoms with van der Waals surface area (Å²) in [6.07, 6.45) is 0. The van der Waals surface area contributed by atoms with Crippen LogP contribution >= 0.6 is 22.0 Å². The normalized spacial score (nSPS) is 14.7. The highest BCUT2D eigenvalue weighted by Crippen LogP contribution is 2.43. The van der Waals surface area contributed by atoms with E-state index in [9.17, 15) is 12.8 Å². The maximum absolute atomic E-state index is 13.9. The van der Waals surface area contributed by atoms with Crippen LogP contribution in [0.4, 0.5) is 20.9 Å². The summed E-state index contributed by atoms with van der Waals surface area (Å²) in [4.78, 5) is 3.02. The van der Waals surface area contributed by atoms with Gasteiger partial charge in [0.15, 0.2) is 0 Å². The number of benzene rings is 1. The van der Waals surface area contributed by atoms with Gasteiger partial charge in [-0.2, -0.15) is 0 Å². The van der Waals surface area contributed by atoms with Crippen molar-refractivity contribution in [3.05, 3.63) is 23.0 Å². The summed E-state index contributed by atoms with van der Waals surface area (Å²) < 4.78 is 36.8. The maximum Gasteiger partial charge on any atom is 0.264 e. The van der Waals surface area contributed by atoms with Gasteiger partial charge in [-0.1, -0.05) is 11.3 Å². The van der Waals surface area contributed by atoms with Crippen LogP contribution in [0.15, 0.2) is 17.0 Å². The second-order valence-corrected chi connectivity index (χ2v) is 8.27. The molecular formula is C11H10ClFN4O2S2. The van der Waals surface area contributed by atoms with Crippen molar-refractivity contribution >= 4 is 47.6 Å². The molecule has 2 aromatic rings. The Hall–Kier alpha value is -1.45. The second-order valence-electron chi connectivity index (χ2n) is 4.58. The van der Waals surface area contributed by atoms with Crippen molar-refractivity contribution in [2.24, 2.45) is 0 Å². The molecule has 0 spiro atoms. The molecule has 0 N–H and O–H groups in total. The van der Waals surface area contributed by atoms with Crippen LogP contribution in [0.2, 0.25) is 0 Å². The number of halogens is 2. The van der Waals surface area contributed by atoms with Crippen LogP contribution < -0.4 is 9.80 Å². The predicted molar refractivity (Wildman–Crippen MR) is 79.5 cm³/mol. The smallest absolute Gasteiger partial charge is 0.264 e. The molecular weight excluding hydrogens is 339 g/mol. The highest BCUT2D eigenvalue weighted by molar-refractivity contribution is 8.13. The van der Waals surface area contributed by atoms with Gasteiger partial charge in [0, 0.05) is 23.8 Å². The van der Waals surface area contributed by atoms with E-state index in [-0.39, 0.29) is 0 Å². The predicted octanol–water partition coefficient (Wildman–Crippen LogP) is 2.46. The minimum absolute atomic E-state index is 0.426. The van der Waals surface area contributed by atoms with Gasteiger partial charge in [-0.05, 0) is 13.0 Å². The largest absolute Gasteiger partial charge is 0.355 e. The number of fused-ring (bicyclic) bond motifs is 1. The van der Waals surface area contributed by atoms with E-state index in [0.717, 1.165) is 5.01 Å². The first-order valence-electron chi connectivity index (χ1n) is 5.84. The lowest BCUT2D eigenvalue weighted by Gasteiger charge is -2.15. The molecule has 1 aromatic carbocycles. The van der Waals surface area contributed by atoms with E-state index in [2.05, 4.69) is 10.2 Å². The third-order valence-electron chi connectivity index (χ3n) is 3.09. The standard InChI is InChI=1S/C11H10ClFN4O2S2/c1-6-14-15-11(20-6)17-5-16(2)8-3-7(13)10(4-9(8)17)21(12,18)19/h3-4H,5H2,1-2H3. The zero-order valence-corrected chi connectivity index (χ0v) is 13.4. The fourth-order valence-electron chi connectivity index (χ4n) is 2.16. The van der Waals surface area contributed by atoms with Crippen LogP contribution in [-0.2, 0) is 9.05 Å². The average Bonchev–Trinajstić information content (AvgIpc) is 2.92. The number of aromatic nitrogens is 2. The summed E-state index contributed by atoms with van der Waals surface area (Å²) in [5.41, 5.74) is 1.11. The molecule has 1 aliphatic heterocycles. The van der Waals surface area contributed by atoms with Crippen molar-refractivity contribution in [2.75, 3.05) is 23.5 Å². The Bertz CT molecular complexity index is 824. The Labute approximate surface area is 129 Å². The molecule has 1 aromatic heterocycles. The van der Waals surface area contributed by atoms with Crippen LogP contribution in [0.1, 0.15) is 5.01 Å². The molecule has 3 rings (SSSR count). The third-order valence-corrected chi connectivity index (χ3v) is 5.29. The molecule has 0 unspecified atom stereocenters. The van der Waals surface area contributed by atoms with Gasteiger partial charge in [0.1, 0.15) is 15.7 Å². The fraction of sp³-hybridized carbons (Fsp3) is 0.273. The zero-order valence-electron chi connectivity index (χ0n) is 11.0. The van der Waals surface area contributed by atoms with E-state index < -0.39 is 19.8 Å². The Balaban J connectivity index is 2.18. The molecule has 6 nitrogen and oxygen atoms in total. The zero-order chi connectivity index (χ0) is 15.4. The van der Waals surface area contributed by atoms with E-state index in [1.807, 2.05) is 6.92 Å². The molecule has 0 fully saturated rings. The lowest BCUT2D eigenvalue weighted by atomic mass is 10.2. The van der Waals surface area contributed by atoms with Gasteiger partial charge in [-0.15, -0.1) is 10.2 Å². The first-order chi connectivity index (χ1) is 9.77. The van der Waals surface area contributed by atoms with Crippen molar-refractivity contribution in [3.8, 4) is 0 Å². The van der Waals surface area contributed by atoms with Crippen molar-refractivity contribution in [1.82, 2.24) is 10.2 Å². The van der Waals surface area contributed by atoms with Gasteiger partial charge in [0.25, 0.3) is 9.05 Å². The molecule has 10 heteroatoms. The molecule has 0 amide bonds. The third kappa shape index (κ3) is 2.45. The molecule has 0 saturated carbocycles. The minimum Gasteiger partial charge on any atom is -0.355 e. The van der Waals surface area contributed by atoms with E-state index in [1.165, 1.54) is 23.5 Å². The summed E-state index contributed by atoms with van der Waals surface area (Å²) in [5.74, 6) is -0.870. The number of rotatable bonds is 2. The number of nitrogens with zero attached hydrogens (tertiary/aromatic N) is 4. The molecule has 21 heavy (non-hydrogen) atoms. The van der Waals surface area contributed by atoms with Crippen molar-refractivity contribution in [1.29, 1.82) is 0 Å². The summed E-state index contributed by atoms with van der Waals surface area (Å²) >= 11 is 1.37. The van der Waals surface area contributed by atoms with Crippen LogP contribution in [0.5, 0.6) is 0 Å². The Morgan fingerprint density at radius 2 is 2.05 bits per heavy atom. The monoisotopic (exact) mass is 348 g/mol. The van der Waals surface area contributed by atoms with Gasteiger partial charge in [0.05, 0.1) is 18.0 Å². The quantitative estimate of drug-likeness (QED) is 0.777. The Morgan fingerprint density at radius 1 is 1.33 bits per heavy atom. The van der Waals surface area contributed by atoms with Crippen molar-refractivity contribution < 1.29 is 12.8 Å². The number of hydrogen-bond acceptors (Lipinski definition) is 7. The summed E-state index contributed by atoms with van der Waals surface area (Å²) in [5, 5.41) is 9.37. The molecule has 1 aliphatic rings. The number of anilines is 3. The summed E-state index contributed by atoms with van der Waals surface area (Å²) in [6.45, 7) is 2.25. The average molecular weight is 349 g/mol. The lowest BCUT2D eigenvalue weighted by molar-refractivity contribution is 0.576. The summed E-state index contributed by atoms with van der Waals surface area (Å²) in [7, 11) is 2.90. The van der Waals surface area contributed by atoms with E-state index in [4.69, 9.17) is 10.7 Å². The topological polar surface area (TPSA) is 66.4 Å². The summed E-state index contributed by atoms with van der Waals surface area (Å²) in [6, 6.07) is 2.39. The highest BCUT2D eigenvalue weighted by Gasteiger charge is 2.30. The van der Waals surface area contributed by atoms with Crippen molar-refractivity contribution in [2.45, 2.75) is 11.8 Å². The van der Waals surface area contributed by atoms with Gasteiger partial charge >= 0.3 is 0 Å². The number of aryl methyl sites for hydroxylation is 1.